The fourth-order valence-corrected chi connectivity index (χ4v) is 3.51. The second-order valence-corrected chi connectivity index (χ2v) is 7.41. The van der Waals surface area contributed by atoms with Crippen LogP contribution < -0.4 is 0 Å². The van der Waals surface area contributed by atoms with Crippen LogP contribution >= 0.6 is 0 Å². The molecule has 0 saturated carbocycles. The van der Waals surface area contributed by atoms with Crippen LogP contribution in [0.2, 0.25) is 0 Å². The summed E-state index contributed by atoms with van der Waals surface area (Å²) in [6.45, 7) is -1.21. The first-order valence-electron chi connectivity index (χ1n) is 4.83. The summed E-state index contributed by atoms with van der Waals surface area (Å²) in [7, 11) is -6.58. The highest BCUT2D eigenvalue weighted by molar-refractivity contribution is 7.92. The molecule has 0 aliphatic carbocycles. The molecule has 0 amide bonds. The van der Waals surface area contributed by atoms with Crippen molar-refractivity contribution in [2.45, 2.75) is 10.3 Å². The Morgan fingerprint density at radius 1 is 0.944 bits per heavy atom. The smallest absolute Gasteiger partial charge is 0.250 e. The molecule has 2 N–H and O–H groups in total. The van der Waals surface area contributed by atoms with Gasteiger partial charge in [0.2, 0.25) is 30.0 Å². The summed E-state index contributed by atoms with van der Waals surface area (Å²) >= 11 is 0. The predicted octanol–water partition coefficient (Wildman–Crippen LogP) is -2.65. The second-order valence-electron chi connectivity index (χ2n) is 3.41. The molecule has 0 aromatic carbocycles. The molecule has 0 saturated heterocycles. The van der Waals surface area contributed by atoms with Crippen molar-refractivity contribution in [2.24, 2.45) is 7.05 Å². The minimum atomic E-state index is -3.88. The van der Waals surface area contributed by atoms with Crippen LogP contribution in [0.4, 0.5) is 0 Å². The topological polar surface area (TPSA) is 139 Å². The molecule has 1 rings (SSSR count). The van der Waals surface area contributed by atoms with Gasteiger partial charge in [-0.15, -0.1) is 10.2 Å². The summed E-state index contributed by atoms with van der Waals surface area (Å²) in [4.78, 5) is 0. The Labute approximate surface area is 104 Å². The molecule has 18 heavy (non-hydrogen) atoms. The van der Waals surface area contributed by atoms with Gasteiger partial charge in [-0.05, 0) is 0 Å². The van der Waals surface area contributed by atoms with Crippen LogP contribution in [-0.4, -0.2) is 66.5 Å². The quantitative estimate of drug-likeness (QED) is 0.580. The van der Waals surface area contributed by atoms with Crippen LogP contribution in [0.1, 0.15) is 0 Å². The highest BCUT2D eigenvalue weighted by Gasteiger charge is 2.28. The van der Waals surface area contributed by atoms with Crippen molar-refractivity contribution in [3.63, 3.8) is 0 Å². The fraction of sp³-hybridized carbons (Fsp3) is 0.714. The molecule has 9 nitrogen and oxygen atoms in total. The Balaban J connectivity index is 3.29. The van der Waals surface area contributed by atoms with Crippen LogP contribution in [0.5, 0.6) is 0 Å². The van der Waals surface area contributed by atoms with Crippen molar-refractivity contribution in [3.05, 3.63) is 0 Å². The van der Waals surface area contributed by atoms with E-state index in [9.17, 15) is 16.8 Å². The number of aromatic nitrogens is 3. The standard InChI is InChI=1S/C7H13N3O6S2/c1-10-6(17(13,14)4-2-11)8-9-7(10)18(15,16)5-3-12/h11-12H,2-5H2,1H3. The molecule has 0 spiro atoms. The predicted molar refractivity (Wildman–Crippen MR) is 59.3 cm³/mol. The van der Waals surface area contributed by atoms with E-state index in [1.165, 1.54) is 7.05 Å². The molecule has 0 aliphatic heterocycles. The highest BCUT2D eigenvalue weighted by atomic mass is 32.2. The van der Waals surface area contributed by atoms with Gasteiger partial charge >= 0.3 is 0 Å². The molecule has 104 valence electrons. The lowest BCUT2D eigenvalue weighted by Gasteiger charge is -2.04. The van der Waals surface area contributed by atoms with E-state index in [-0.39, 0.29) is 0 Å². The van der Waals surface area contributed by atoms with Crippen molar-refractivity contribution >= 4 is 19.7 Å². The van der Waals surface area contributed by atoms with Crippen LogP contribution in [-0.2, 0) is 26.7 Å². The van der Waals surface area contributed by atoms with E-state index in [1.807, 2.05) is 0 Å². The lowest BCUT2D eigenvalue weighted by atomic mass is 10.9. The maximum atomic E-state index is 11.6. The second kappa shape index (κ2) is 5.30. The minimum Gasteiger partial charge on any atom is -0.395 e. The largest absolute Gasteiger partial charge is 0.395 e. The minimum absolute atomic E-state index is 0.534. The van der Waals surface area contributed by atoms with Gasteiger partial charge in [0.05, 0.1) is 24.7 Å². The van der Waals surface area contributed by atoms with Gasteiger partial charge in [-0.25, -0.2) is 16.8 Å². The molecule has 1 aromatic rings. The maximum Gasteiger partial charge on any atom is 0.250 e. The van der Waals surface area contributed by atoms with Crippen molar-refractivity contribution in [1.29, 1.82) is 0 Å². The van der Waals surface area contributed by atoms with Gasteiger partial charge in [0.25, 0.3) is 0 Å². The first-order valence-corrected chi connectivity index (χ1v) is 8.13. The van der Waals surface area contributed by atoms with E-state index in [0.717, 1.165) is 4.57 Å². The molecule has 0 bridgehead atoms. The monoisotopic (exact) mass is 299 g/mol. The average molecular weight is 299 g/mol. The van der Waals surface area contributed by atoms with E-state index in [1.54, 1.807) is 0 Å². The average Bonchev–Trinajstić information content (AvgIpc) is 2.61. The summed E-state index contributed by atoms with van der Waals surface area (Å²) in [5.74, 6) is -1.14. The van der Waals surface area contributed by atoms with Gasteiger partial charge in [0, 0.05) is 7.05 Å². The zero-order chi connectivity index (χ0) is 14.0. The van der Waals surface area contributed by atoms with Crippen LogP contribution in [0.3, 0.4) is 0 Å². The summed E-state index contributed by atoms with van der Waals surface area (Å²) in [6, 6.07) is 0. The Kier molecular flexibility index (Phi) is 4.42. The molecule has 1 heterocycles. The van der Waals surface area contributed by atoms with E-state index in [2.05, 4.69) is 10.2 Å². The zero-order valence-corrected chi connectivity index (χ0v) is 11.1. The number of hydrogen-bond acceptors (Lipinski definition) is 8. The molecule has 0 aliphatic rings. The van der Waals surface area contributed by atoms with Gasteiger partial charge in [-0.3, -0.25) is 4.57 Å². The number of nitrogens with zero attached hydrogens (tertiary/aromatic N) is 3. The van der Waals surface area contributed by atoms with E-state index >= 15 is 0 Å². The summed E-state index contributed by atoms with van der Waals surface area (Å²) in [5.41, 5.74) is 0. The molecule has 0 fully saturated rings. The Morgan fingerprint density at radius 3 is 1.56 bits per heavy atom. The van der Waals surface area contributed by atoms with E-state index in [0.29, 0.717) is 0 Å². The van der Waals surface area contributed by atoms with E-state index < -0.39 is 54.7 Å². The molecule has 0 atom stereocenters. The van der Waals surface area contributed by atoms with E-state index in [4.69, 9.17) is 10.2 Å². The summed E-state index contributed by atoms with van der Waals surface area (Å²) < 4.78 is 47.3. The van der Waals surface area contributed by atoms with Gasteiger partial charge < -0.3 is 10.2 Å². The van der Waals surface area contributed by atoms with Gasteiger partial charge in [0.1, 0.15) is 0 Å². The summed E-state index contributed by atoms with van der Waals surface area (Å²) in [6.07, 6.45) is 0. The molecule has 0 unspecified atom stereocenters. The number of sulfone groups is 2. The molecular weight excluding hydrogens is 286 g/mol. The Bertz CT molecular complexity index is 564. The molecule has 0 radical (unpaired) electrons. The van der Waals surface area contributed by atoms with Gasteiger partial charge in [-0.2, -0.15) is 0 Å². The van der Waals surface area contributed by atoms with Crippen molar-refractivity contribution in [1.82, 2.24) is 14.8 Å². The zero-order valence-electron chi connectivity index (χ0n) is 9.51. The first-order chi connectivity index (χ1) is 8.26. The normalized spacial score (nSPS) is 12.8. The number of hydrogen-bond donors (Lipinski definition) is 2. The maximum absolute atomic E-state index is 11.6. The third kappa shape index (κ3) is 2.85. The first kappa shape index (κ1) is 15.0. The third-order valence-corrected chi connectivity index (χ3v) is 5.34. The Hall–Kier alpha value is -1.04. The van der Waals surface area contributed by atoms with Crippen molar-refractivity contribution < 1.29 is 27.0 Å². The lowest BCUT2D eigenvalue weighted by molar-refractivity contribution is 0.319. The molecule has 11 heteroatoms. The van der Waals surface area contributed by atoms with Crippen molar-refractivity contribution in [3.8, 4) is 0 Å². The fourth-order valence-electron chi connectivity index (χ4n) is 1.27. The van der Waals surface area contributed by atoms with Crippen LogP contribution in [0.15, 0.2) is 10.3 Å². The van der Waals surface area contributed by atoms with Crippen LogP contribution in [0, 0.1) is 0 Å². The SMILES string of the molecule is Cn1c(S(=O)(=O)CCO)nnc1S(=O)(=O)CCO. The highest BCUT2D eigenvalue weighted by Crippen LogP contribution is 2.13. The van der Waals surface area contributed by atoms with Crippen molar-refractivity contribution in [2.75, 3.05) is 24.7 Å². The van der Waals surface area contributed by atoms with Gasteiger partial charge in [-0.1, -0.05) is 0 Å². The molecular formula is C7H13N3O6S2. The summed E-state index contributed by atoms with van der Waals surface area (Å²) in [5, 5.41) is 22.8. The third-order valence-electron chi connectivity index (χ3n) is 2.07. The molecule has 1 aromatic heterocycles. The number of rotatable bonds is 6. The lowest BCUT2D eigenvalue weighted by Crippen LogP contribution is -2.18. The van der Waals surface area contributed by atoms with Crippen LogP contribution in [0.25, 0.3) is 0 Å². The van der Waals surface area contributed by atoms with Gasteiger partial charge in [0.15, 0.2) is 0 Å². The number of aliphatic hydroxyl groups excluding tert-OH is 2. The number of aliphatic hydroxyl groups is 2. The Morgan fingerprint density at radius 2 is 1.28 bits per heavy atom.